The Morgan fingerprint density at radius 2 is 0.506 bits per heavy atom. The monoisotopic (exact) mass is 1200 g/mol. The Morgan fingerprint density at radius 1 is 0.337 bits per heavy atom. The van der Waals surface area contributed by atoms with E-state index in [9.17, 15) is 0 Å². The number of unbranched alkanes of at least 4 members (excludes halogenated alkanes) is 20. The molecule has 0 aromatic carbocycles. The van der Waals surface area contributed by atoms with Gasteiger partial charge in [-0.25, -0.2) is 0 Å². The fourth-order valence-corrected chi connectivity index (χ4v) is 5.44. The quantitative estimate of drug-likeness (QED) is 0.00922. The zero-order chi connectivity index (χ0) is 66.7. The number of nitrogens with zero attached hydrogens (tertiary/aromatic N) is 5. The lowest BCUT2D eigenvalue weighted by molar-refractivity contribution is -0.303. The summed E-state index contributed by atoms with van der Waals surface area (Å²) in [6, 6.07) is 0. The van der Waals surface area contributed by atoms with Crippen LogP contribution in [0.15, 0.2) is 20.0 Å². The summed E-state index contributed by atoms with van der Waals surface area (Å²) in [6.07, 6.45) is 28.1. The first-order valence-electron chi connectivity index (χ1n) is 27.3. The highest BCUT2D eigenvalue weighted by Gasteiger charge is 2.06. The third-order valence-electron chi connectivity index (χ3n) is 8.53. The van der Waals surface area contributed by atoms with Crippen LogP contribution in [0.5, 0.6) is 0 Å². The molecular weight excluding hydrogens is 1090 g/mol. The molecule has 0 fully saturated rings. The Bertz CT molecular complexity index is 1450. The van der Waals surface area contributed by atoms with Gasteiger partial charge in [0, 0.05) is 87.6 Å². The normalized spacial score (nSPS) is 8.88. The van der Waals surface area contributed by atoms with E-state index in [1.54, 1.807) is 0 Å². The molecule has 0 rings (SSSR count). The van der Waals surface area contributed by atoms with Crippen LogP contribution in [0.3, 0.4) is 0 Å². The number of guanidine groups is 5. The summed E-state index contributed by atoms with van der Waals surface area (Å²) in [5.74, 6) is -1.51. The fourth-order valence-electron chi connectivity index (χ4n) is 5.44. The molecule has 32 nitrogen and oxygen atoms in total. The van der Waals surface area contributed by atoms with Gasteiger partial charge in [-0.05, 0) is 106 Å². The summed E-state index contributed by atoms with van der Waals surface area (Å²) in [4.78, 5) is 80.0. The predicted octanol–water partition coefficient (Wildman–Crippen LogP) is -6.67. The number of carbonyl (C=O) groups excluding carboxylic acids is 7. The van der Waals surface area contributed by atoms with Gasteiger partial charge in [0.1, 0.15) is 0 Å². The average Bonchev–Trinajstić information content (AvgIpc) is 3.31. The molecule has 0 atom stereocenters. The van der Waals surface area contributed by atoms with E-state index in [2.05, 4.69) is 25.4 Å². The Labute approximate surface area is 493 Å². The van der Waals surface area contributed by atoms with E-state index in [0.29, 0.717) is 0 Å². The summed E-state index contributed by atoms with van der Waals surface area (Å²) in [7, 11) is 0. The molecule has 32 heteroatoms. The molecule has 0 aliphatic rings. The lowest BCUT2D eigenvalue weighted by Crippen LogP contribution is -2.37. The molecule has 0 spiro atoms. The van der Waals surface area contributed by atoms with Crippen molar-refractivity contribution in [2.45, 2.75) is 203 Å². The van der Waals surface area contributed by atoms with Crippen LogP contribution >= 0.6 is 0 Å². The molecule has 0 bridgehead atoms. The van der Waals surface area contributed by atoms with Gasteiger partial charge in [-0.1, -0.05) is 103 Å². The second kappa shape index (κ2) is 85.8. The van der Waals surface area contributed by atoms with Crippen molar-refractivity contribution in [1.29, 1.82) is 5.41 Å². The molecule has 0 saturated carbocycles. The van der Waals surface area contributed by atoms with Crippen molar-refractivity contribution in [1.82, 2.24) is 10.3 Å². The standard InChI is InChI=1S/C19H43N9.C9H23N5.C9H22N4.7C2H4O2/c20-17(21)26-13-9-5-1-3-7-11-15-28(19(24)25)16-12-8-4-2-6-10-14-27-18(22)23;10-9(11)13-7-5-3-1-2-4-6-8-14-12;10-7-5-3-1-2-4-6-8-13-9(11)12;7*1-2(3)4/h1-16H2,(H3,24,25)(H4,20,21,26)(H4,22,23,27);14H,1-8,12H2,(H4,10,11,13);1-8,10H2,(H4,11,12,13);7*1H3,(H,3,4)/p-7. The van der Waals surface area contributed by atoms with Crippen molar-refractivity contribution >= 4 is 71.6 Å². The van der Waals surface area contributed by atoms with Crippen LogP contribution in [-0.2, 0) is 33.6 Å². The first-order chi connectivity index (χ1) is 38.6. The Kier molecular flexibility index (Phi) is 101. The number of rotatable bonds is 35. The number of nitrogens with two attached hydrogens (primary N) is 11. The minimum atomic E-state index is -1.08. The van der Waals surface area contributed by atoms with Crippen molar-refractivity contribution in [2.75, 3.05) is 52.4 Å². The number of aliphatic carboxylic acids is 7. The highest BCUT2D eigenvalue weighted by atomic mass is 16.4. The van der Waals surface area contributed by atoms with Gasteiger partial charge in [0.05, 0.1) is 0 Å². The summed E-state index contributed by atoms with van der Waals surface area (Å²) < 4.78 is 0. The lowest BCUT2D eigenvalue weighted by Gasteiger charge is -2.22. The maximum Gasteiger partial charge on any atom is 0.188 e. The third-order valence-corrected chi connectivity index (χ3v) is 8.53. The van der Waals surface area contributed by atoms with Crippen LogP contribution in [-0.4, -0.2) is 129 Å². The highest BCUT2D eigenvalue weighted by Crippen LogP contribution is 2.10. The van der Waals surface area contributed by atoms with E-state index in [1.807, 2.05) is 4.90 Å². The highest BCUT2D eigenvalue weighted by molar-refractivity contribution is 5.76. The number of carboxylic acids is 7. The van der Waals surface area contributed by atoms with E-state index in [1.165, 1.54) is 89.9 Å². The van der Waals surface area contributed by atoms with Gasteiger partial charge in [0.2, 0.25) is 0 Å². The largest absolute Gasteiger partial charge is 0.550 e. The number of nitrogens with one attached hydrogen (secondary N) is 2. The molecular formula is C51H109N18O14-7. The van der Waals surface area contributed by atoms with E-state index < -0.39 is 41.8 Å². The first kappa shape index (κ1) is 97.7. The second-order valence-corrected chi connectivity index (χ2v) is 17.3. The number of hydrazine groups is 1. The molecule has 0 radical (unpaired) electrons. The molecule has 0 unspecified atom stereocenters. The van der Waals surface area contributed by atoms with Gasteiger partial charge in [-0.15, -0.1) is 0 Å². The van der Waals surface area contributed by atoms with Crippen LogP contribution in [0, 0.1) is 5.41 Å². The minimum absolute atomic E-state index is 0.173. The van der Waals surface area contributed by atoms with Crippen LogP contribution < -0.4 is 104 Å². The SMILES string of the molecule is CC(=O)[O-].CC(=O)[O-].CC(=O)[O-].CC(=O)[O-].CC(=O)[O-].CC(=O)[O-].CC(=O)[O-].N=C(N)N(CCCCCCCCN=C(N)N)CCCCCCCCN=C(N)N.NCCCCCCCCN=C(N)N.NNCCCCCCCCN=C(N)N. The number of carboxylic acid groups (broad SMARTS) is 7. The maximum absolute atomic E-state index is 8.89. The summed E-state index contributed by atoms with van der Waals surface area (Å²) in [5, 5.41) is 70.0. The fraction of sp³-hybridized carbons (Fsp3) is 0.765. The van der Waals surface area contributed by atoms with E-state index in [-0.39, 0.29) is 29.8 Å². The summed E-state index contributed by atoms with van der Waals surface area (Å²) in [5.41, 5.74) is 55.7. The molecule has 0 aliphatic carbocycles. The number of hydrogen-bond donors (Lipinski definition) is 13. The minimum Gasteiger partial charge on any atom is -0.550 e. The first-order valence-corrected chi connectivity index (χ1v) is 27.3. The second-order valence-electron chi connectivity index (χ2n) is 17.3. The number of carbonyl (C=O) groups is 7. The van der Waals surface area contributed by atoms with E-state index in [0.717, 1.165) is 165 Å². The van der Waals surface area contributed by atoms with E-state index >= 15 is 0 Å². The molecule has 0 aromatic rings. The van der Waals surface area contributed by atoms with Crippen molar-refractivity contribution in [3.63, 3.8) is 0 Å². The van der Waals surface area contributed by atoms with Gasteiger partial charge in [-0.2, -0.15) is 0 Å². The van der Waals surface area contributed by atoms with Crippen LogP contribution in [0.1, 0.15) is 203 Å². The van der Waals surface area contributed by atoms with Gasteiger partial charge in [0.15, 0.2) is 29.8 Å². The topological polar surface area (TPSA) is 656 Å². The molecule has 0 amide bonds. The number of hydrogen-bond acceptors (Lipinski definition) is 22. The molecule has 24 N–H and O–H groups in total. The Hall–Kier alpha value is -7.48. The maximum atomic E-state index is 8.89. The predicted molar refractivity (Wildman–Crippen MR) is 313 cm³/mol. The van der Waals surface area contributed by atoms with Crippen molar-refractivity contribution in [2.24, 2.45) is 83.1 Å². The molecule has 0 saturated heterocycles. The number of aliphatic imine (C=N–C) groups is 4. The molecule has 494 valence electrons. The zero-order valence-corrected chi connectivity index (χ0v) is 50.9. The van der Waals surface area contributed by atoms with Crippen molar-refractivity contribution < 1.29 is 69.3 Å². The van der Waals surface area contributed by atoms with Gasteiger partial charge < -0.3 is 132 Å². The molecule has 0 aromatic heterocycles. The lowest BCUT2D eigenvalue weighted by atomic mass is 10.1. The van der Waals surface area contributed by atoms with Gasteiger partial charge in [-0.3, -0.25) is 36.6 Å². The smallest absolute Gasteiger partial charge is 0.188 e. The van der Waals surface area contributed by atoms with Crippen molar-refractivity contribution in [3.8, 4) is 0 Å². The average molecular weight is 1200 g/mol. The Balaban J connectivity index is -0.000000102. The molecule has 0 aliphatic heterocycles. The van der Waals surface area contributed by atoms with Crippen molar-refractivity contribution in [3.05, 3.63) is 0 Å². The van der Waals surface area contributed by atoms with Crippen LogP contribution in [0.25, 0.3) is 0 Å². The molecule has 83 heavy (non-hydrogen) atoms. The summed E-state index contributed by atoms with van der Waals surface area (Å²) >= 11 is 0. The van der Waals surface area contributed by atoms with Gasteiger partial charge in [0.25, 0.3) is 0 Å². The van der Waals surface area contributed by atoms with Crippen LogP contribution in [0.2, 0.25) is 0 Å². The van der Waals surface area contributed by atoms with Crippen LogP contribution in [0.4, 0.5) is 0 Å². The summed E-state index contributed by atoms with van der Waals surface area (Å²) in [6.45, 7) is 13.2. The van der Waals surface area contributed by atoms with E-state index in [4.69, 9.17) is 138 Å². The zero-order valence-electron chi connectivity index (χ0n) is 50.9. The Morgan fingerprint density at radius 3 is 0.675 bits per heavy atom. The molecule has 0 heterocycles. The third kappa shape index (κ3) is 227. The van der Waals surface area contributed by atoms with Gasteiger partial charge >= 0.3 is 0 Å².